The van der Waals surface area contributed by atoms with Gasteiger partial charge >= 0.3 is 0 Å². The van der Waals surface area contributed by atoms with Crippen LogP contribution in [0.3, 0.4) is 0 Å². The second-order valence-electron chi connectivity index (χ2n) is 8.81. The Balaban J connectivity index is 0.00000133. The SMILES string of the molecule is CN.N=C(N)c1ccc2c(C(=O)NC3CCCCC3)cn(Cc3ccc4ccccc4c3)c2c1. The molecule has 1 amide bonds. The van der Waals surface area contributed by atoms with Crippen molar-refractivity contribution < 1.29 is 4.79 Å². The van der Waals surface area contributed by atoms with Crippen LogP contribution in [0.5, 0.6) is 0 Å². The molecule has 6 N–H and O–H groups in total. The summed E-state index contributed by atoms with van der Waals surface area (Å²) < 4.78 is 2.10. The number of nitrogens with two attached hydrogens (primary N) is 2. The smallest absolute Gasteiger partial charge is 0.253 e. The summed E-state index contributed by atoms with van der Waals surface area (Å²) in [5, 5.41) is 14.4. The maximum Gasteiger partial charge on any atom is 0.253 e. The minimum Gasteiger partial charge on any atom is -0.384 e. The number of nitrogens with one attached hydrogen (secondary N) is 2. The average molecular weight is 456 g/mol. The topological polar surface area (TPSA) is 110 Å². The quantitative estimate of drug-likeness (QED) is 0.257. The van der Waals surface area contributed by atoms with Gasteiger partial charge in [-0.1, -0.05) is 67.8 Å². The van der Waals surface area contributed by atoms with E-state index in [0.717, 1.165) is 29.3 Å². The molecule has 4 aromatic rings. The van der Waals surface area contributed by atoms with Crippen molar-refractivity contribution in [2.24, 2.45) is 11.5 Å². The number of nitrogens with zero attached hydrogens (tertiary/aromatic N) is 1. The van der Waals surface area contributed by atoms with Crippen LogP contribution in [-0.4, -0.2) is 29.4 Å². The molecule has 0 radical (unpaired) electrons. The predicted molar refractivity (Wildman–Crippen MR) is 140 cm³/mol. The summed E-state index contributed by atoms with van der Waals surface area (Å²) in [5.41, 5.74) is 13.7. The number of benzene rings is 3. The largest absolute Gasteiger partial charge is 0.384 e. The minimum absolute atomic E-state index is 0.0188. The van der Waals surface area contributed by atoms with Crippen LogP contribution in [0.1, 0.15) is 53.6 Å². The second-order valence-corrected chi connectivity index (χ2v) is 8.81. The first-order valence-corrected chi connectivity index (χ1v) is 11.9. The predicted octanol–water partition coefficient (Wildman–Crippen LogP) is 4.76. The Morgan fingerprint density at radius 1 is 1.00 bits per heavy atom. The Bertz CT molecular complexity index is 1320. The van der Waals surface area contributed by atoms with E-state index in [0.29, 0.717) is 17.7 Å². The maximum atomic E-state index is 13.2. The molecule has 1 saturated carbocycles. The number of carbonyl (C=O) groups excluding carboxylic acids is 1. The molecule has 0 unspecified atom stereocenters. The van der Waals surface area contributed by atoms with Crippen LogP contribution in [0, 0.1) is 5.41 Å². The van der Waals surface area contributed by atoms with Crippen molar-refractivity contribution in [2.75, 3.05) is 7.05 Å². The van der Waals surface area contributed by atoms with Gasteiger partial charge in [0.05, 0.1) is 5.56 Å². The van der Waals surface area contributed by atoms with Crippen molar-refractivity contribution in [1.82, 2.24) is 9.88 Å². The summed E-state index contributed by atoms with van der Waals surface area (Å²) in [6, 6.07) is 20.7. The highest BCUT2D eigenvalue weighted by atomic mass is 16.1. The van der Waals surface area contributed by atoms with Gasteiger partial charge in [-0.15, -0.1) is 0 Å². The van der Waals surface area contributed by atoms with E-state index in [-0.39, 0.29) is 17.8 Å². The molecule has 1 aliphatic carbocycles. The Morgan fingerprint density at radius 3 is 2.47 bits per heavy atom. The number of amides is 1. The van der Waals surface area contributed by atoms with Crippen LogP contribution in [0.2, 0.25) is 0 Å². The third-order valence-electron chi connectivity index (χ3n) is 6.55. The van der Waals surface area contributed by atoms with Crippen LogP contribution in [0.25, 0.3) is 21.7 Å². The number of carbonyl (C=O) groups is 1. The molecule has 6 nitrogen and oxygen atoms in total. The fourth-order valence-corrected chi connectivity index (χ4v) is 4.82. The zero-order valence-electron chi connectivity index (χ0n) is 19.7. The van der Waals surface area contributed by atoms with Crippen LogP contribution < -0.4 is 16.8 Å². The van der Waals surface area contributed by atoms with Crippen molar-refractivity contribution >= 4 is 33.4 Å². The lowest BCUT2D eigenvalue weighted by Gasteiger charge is -2.22. The Labute approximate surface area is 200 Å². The van der Waals surface area contributed by atoms with Gasteiger partial charge in [-0.25, -0.2) is 0 Å². The first-order valence-electron chi connectivity index (χ1n) is 11.9. The van der Waals surface area contributed by atoms with E-state index >= 15 is 0 Å². The number of aromatic nitrogens is 1. The molecule has 5 rings (SSSR count). The summed E-state index contributed by atoms with van der Waals surface area (Å²) in [6.45, 7) is 0.638. The van der Waals surface area contributed by atoms with Crippen LogP contribution in [0.15, 0.2) is 66.9 Å². The second kappa shape index (κ2) is 10.5. The maximum absolute atomic E-state index is 13.2. The molecule has 34 heavy (non-hydrogen) atoms. The van der Waals surface area contributed by atoms with Gasteiger partial charge in [-0.3, -0.25) is 10.2 Å². The molecular formula is C28H33N5O. The average Bonchev–Trinajstić information content (AvgIpc) is 3.23. The monoisotopic (exact) mass is 455 g/mol. The Morgan fingerprint density at radius 2 is 1.74 bits per heavy atom. The van der Waals surface area contributed by atoms with Crippen LogP contribution in [0.4, 0.5) is 0 Å². The summed E-state index contributed by atoms with van der Waals surface area (Å²) in [5.74, 6) is 0.00768. The number of nitrogen functional groups attached to an aromatic ring is 1. The fourth-order valence-electron chi connectivity index (χ4n) is 4.82. The standard InChI is InChI=1S/C27H28N4O.CH5N/c28-26(29)21-12-13-23-24(27(32)30-22-8-2-1-3-9-22)17-31(25(23)15-21)16-18-10-11-19-6-4-5-7-20(19)14-18;1-2/h4-7,10-15,17,22H,1-3,8-9,16H2,(H3,28,29)(H,30,32);2H2,1H3. The lowest BCUT2D eigenvalue weighted by molar-refractivity contribution is 0.0929. The molecule has 1 aliphatic rings. The zero-order valence-corrected chi connectivity index (χ0v) is 19.7. The lowest BCUT2D eigenvalue weighted by atomic mass is 9.95. The molecular weight excluding hydrogens is 422 g/mol. The van der Waals surface area contributed by atoms with E-state index in [1.54, 1.807) is 0 Å². The number of hydrogen-bond donors (Lipinski definition) is 4. The Hall–Kier alpha value is -3.64. The molecule has 3 aromatic carbocycles. The molecule has 1 heterocycles. The van der Waals surface area contributed by atoms with Crippen molar-refractivity contribution in [2.45, 2.75) is 44.7 Å². The number of rotatable bonds is 5. The normalized spacial score (nSPS) is 13.9. The lowest BCUT2D eigenvalue weighted by Crippen LogP contribution is -2.36. The third-order valence-corrected chi connectivity index (χ3v) is 6.55. The fraction of sp³-hybridized carbons (Fsp3) is 0.286. The van der Waals surface area contributed by atoms with E-state index in [1.807, 2.05) is 36.5 Å². The molecule has 176 valence electrons. The van der Waals surface area contributed by atoms with E-state index in [9.17, 15) is 4.79 Å². The first-order chi connectivity index (χ1) is 16.6. The molecule has 0 atom stereocenters. The molecule has 1 fully saturated rings. The zero-order chi connectivity index (χ0) is 24.1. The highest BCUT2D eigenvalue weighted by molar-refractivity contribution is 6.09. The van der Waals surface area contributed by atoms with Gasteiger partial charge in [0.1, 0.15) is 5.84 Å². The van der Waals surface area contributed by atoms with Gasteiger partial charge in [0.25, 0.3) is 5.91 Å². The molecule has 1 aromatic heterocycles. The number of fused-ring (bicyclic) bond motifs is 2. The third kappa shape index (κ3) is 4.97. The van der Waals surface area contributed by atoms with E-state index in [2.05, 4.69) is 45.9 Å². The minimum atomic E-state index is -0.0188. The summed E-state index contributed by atoms with van der Waals surface area (Å²) in [4.78, 5) is 13.2. The van der Waals surface area contributed by atoms with Crippen molar-refractivity contribution in [1.29, 1.82) is 5.41 Å². The first kappa shape index (κ1) is 23.5. The van der Waals surface area contributed by atoms with Gasteiger partial charge in [-0.2, -0.15) is 0 Å². The van der Waals surface area contributed by atoms with E-state index in [1.165, 1.54) is 37.1 Å². The highest BCUT2D eigenvalue weighted by Crippen LogP contribution is 2.26. The molecule has 0 spiro atoms. The van der Waals surface area contributed by atoms with Gasteiger partial charge in [0.2, 0.25) is 0 Å². The van der Waals surface area contributed by atoms with Crippen LogP contribution >= 0.6 is 0 Å². The van der Waals surface area contributed by atoms with Crippen molar-refractivity contribution in [3.05, 3.63) is 83.6 Å². The molecule has 0 saturated heterocycles. The molecule has 6 heteroatoms. The van der Waals surface area contributed by atoms with E-state index in [4.69, 9.17) is 11.1 Å². The van der Waals surface area contributed by atoms with Crippen LogP contribution in [-0.2, 0) is 6.54 Å². The number of hydrogen-bond acceptors (Lipinski definition) is 3. The van der Waals surface area contributed by atoms with Gasteiger partial charge in [-0.05, 0) is 48.4 Å². The Kier molecular flexibility index (Phi) is 7.28. The van der Waals surface area contributed by atoms with Gasteiger partial charge in [0.15, 0.2) is 0 Å². The summed E-state index contributed by atoms with van der Waals surface area (Å²) >= 11 is 0. The summed E-state index contributed by atoms with van der Waals surface area (Å²) in [7, 11) is 1.50. The van der Waals surface area contributed by atoms with E-state index < -0.39 is 0 Å². The molecule has 0 bridgehead atoms. The highest BCUT2D eigenvalue weighted by Gasteiger charge is 2.20. The van der Waals surface area contributed by atoms with Crippen molar-refractivity contribution in [3.8, 4) is 0 Å². The molecule has 0 aliphatic heterocycles. The van der Waals surface area contributed by atoms with Gasteiger partial charge in [0, 0.05) is 35.2 Å². The summed E-state index contributed by atoms with van der Waals surface area (Å²) in [6.07, 6.45) is 7.66. The van der Waals surface area contributed by atoms with Gasteiger partial charge < -0.3 is 21.4 Å². The number of amidine groups is 1. The van der Waals surface area contributed by atoms with Crippen molar-refractivity contribution in [3.63, 3.8) is 0 Å².